The highest BCUT2D eigenvalue weighted by atomic mass is 19.1. The van der Waals surface area contributed by atoms with Gasteiger partial charge in [-0.1, -0.05) is 19.3 Å². The number of halogens is 1. The van der Waals surface area contributed by atoms with Crippen LogP contribution in [0.4, 0.5) is 4.39 Å². The molecule has 1 amide bonds. The molecule has 0 atom stereocenters. The second kappa shape index (κ2) is 11.6. The van der Waals surface area contributed by atoms with Crippen LogP contribution in [0, 0.1) is 5.82 Å². The van der Waals surface area contributed by atoms with Gasteiger partial charge in [-0.05, 0) is 31.0 Å². The molecule has 8 heteroatoms. The smallest absolute Gasteiger partial charge is 0.234 e. The highest BCUT2D eigenvalue weighted by molar-refractivity contribution is 5.78. The third-order valence-corrected chi connectivity index (χ3v) is 7.55. The molecule has 33 heavy (non-hydrogen) atoms. The molecule has 184 valence electrons. The monoisotopic (exact) mass is 462 g/mol. The maximum Gasteiger partial charge on any atom is 0.234 e. The van der Waals surface area contributed by atoms with E-state index in [-0.39, 0.29) is 17.3 Å². The minimum absolute atomic E-state index is 0.0976. The van der Waals surface area contributed by atoms with E-state index in [9.17, 15) is 9.18 Å². The van der Waals surface area contributed by atoms with Crippen LogP contribution < -0.4 is 10.1 Å². The molecule has 1 aliphatic carbocycles. The number of methoxy groups -OCH3 is 1. The lowest BCUT2D eigenvalue weighted by atomic mass is 9.79. The van der Waals surface area contributed by atoms with Crippen LogP contribution in [0.3, 0.4) is 0 Å². The predicted octanol–water partition coefficient (Wildman–Crippen LogP) is 2.10. The molecule has 3 fully saturated rings. The Labute approximate surface area is 197 Å². The second-order valence-electron chi connectivity index (χ2n) is 9.67. The number of amides is 1. The maximum atomic E-state index is 13.7. The normalized spacial score (nSPS) is 22.7. The van der Waals surface area contributed by atoms with Gasteiger partial charge in [-0.3, -0.25) is 19.5 Å². The average Bonchev–Trinajstić information content (AvgIpc) is 2.85. The fourth-order valence-corrected chi connectivity index (χ4v) is 5.59. The SMILES string of the molecule is COc1ccc(F)cc1CN1CCN(CC(=O)NCC2(N3CCOCC3)CCCCC2)CC1. The molecule has 1 N–H and O–H groups in total. The van der Waals surface area contributed by atoms with Crippen LogP contribution in [0.25, 0.3) is 0 Å². The number of rotatable bonds is 8. The van der Waals surface area contributed by atoms with Gasteiger partial charge in [0.2, 0.25) is 5.91 Å². The second-order valence-corrected chi connectivity index (χ2v) is 9.67. The fourth-order valence-electron chi connectivity index (χ4n) is 5.59. The van der Waals surface area contributed by atoms with Crippen molar-refractivity contribution in [2.45, 2.75) is 44.2 Å². The number of hydrogen-bond acceptors (Lipinski definition) is 6. The van der Waals surface area contributed by atoms with Gasteiger partial charge >= 0.3 is 0 Å². The number of carbonyl (C=O) groups is 1. The Balaban J connectivity index is 1.23. The van der Waals surface area contributed by atoms with Crippen molar-refractivity contribution in [1.29, 1.82) is 0 Å². The van der Waals surface area contributed by atoms with Gasteiger partial charge in [0.05, 0.1) is 26.9 Å². The van der Waals surface area contributed by atoms with Gasteiger partial charge in [-0.2, -0.15) is 0 Å². The summed E-state index contributed by atoms with van der Waals surface area (Å²) in [5.41, 5.74) is 0.963. The summed E-state index contributed by atoms with van der Waals surface area (Å²) < 4.78 is 24.6. The van der Waals surface area contributed by atoms with Gasteiger partial charge in [0.15, 0.2) is 0 Å². The highest BCUT2D eigenvalue weighted by Gasteiger charge is 2.38. The molecular weight excluding hydrogens is 423 g/mol. The average molecular weight is 463 g/mol. The Bertz CT molecular complexity index is 773. The molecule has 0 radical (unpaired) electrons. The zero-order valence-electron chi connectivity index (χ0n) is 20.0. The van der Waals surface area contributed by atoms with E-state index in [1.807, 2.05) is 0 Å². The van der Waals surface area contributed by atoms with Crippen LogP contribution in [-0.2, 0) is 16.1 Å². The maximum absolute atomic E-state index is 13.7. The highest BCUT2D eigenvalue weighted by Crippen LogP contribution is 2.33. The van der Waals surface area contributed by atoms with Crippen LogP contribution in [-0.4, -0.2) is 98.8 Å². The lowest BCUT2D eigenvalue weighted by molar-refractivity contribution is -0.124. The third-order valence-electron chi connectivity index (χ3n) is 7.55. The van der Waals surface area contributed by atoms with E-state index in [2.05, 4.69) is 20.0 Å². The van der Waals surface area contributed by atoms with Gasteiger partial charge in [-0.25, -0.2) is 4.39 Å². The zero-order valence-corrected chi connectivity index (χ0v) is 20.0. The Kier molecular flexibility index (Phi) is 8.57. The van der Waals surface area contributed by atoms with Gasteiger partial charge in [-0.15, -0.1) is 0 Å². The number of nitrogens with zero attached hydrogens (tertiary/aromatic N) is 3. The molecule has 0 bridgehead atoms. The molecule has 0 unspecified atom stereocenters. The standard InChI is InChI=1S/C25H39FN4O3/c1-32-23-6-5-22(26)17-21(23)18-28-9-11-29(12-10-28)19-24(31)27-20-25(7-3-2-4-8-25)30-13-15-33-16-14-30/h5-6,17H,2-4,7-16,18-20H2,1H3,(H,27,31). The largest absolute Gasteiger partial charge is 0.496 e. The Hall–Kier alpha value is -1.74. The Morgan fingerprint density at radius 1 is 1.06 bits per heavy atom. The van der Waals surface area contributed by atoms with Crippen molar-refractivity contribution >= 4 is 5.91 Å². The topological polar surface area (TPSA) is 57.3 Å². The fraction of sp³-hybridized carbons (Fsp3) is 0.720. The van der Waals surface area contributed by atoms with E-state index in [0.717, 1.165) is 83.2 Å². The summed E-state index contributed by atoms with van der Waals surface area (Å²) in [5, 5.41) is 3.28. The lowest BCUT2D eigenvalue weighted by Crippen LogP contribution is -2.60. The molecule has 1 aromatic rings. The first-order valence-electron chi connectivity index (χ1n) is 12.4. The summed E-state index contributed by atoms with van der Waals surface area (Å²) >= 11 is 0. The summed E-state index contributed by atoms with van der Waals surface area (Å²) in [6, 6.07) is 4.66. The van der Waals surface area contributed by atoms with Crippen molar-refractivity contribution in [2.75, 3.05) is 72.7 Å². The summed E-state index contributed by atoms with van der Waals surface area (Å²) in [6.45, 7) is 8.73. The van der Waals surface area contributed by atoms with Gasteiger partial charge in [0, 0.05) is 63.5 Å². The van der Waals surface area contributed by atoms with Crippen LogP contribution in [0.2, 0.25) is 0 Å². The minimum atomic E-state index is -0.242. The Morgan fingerprint density at radius 2 is 1.76 bits per heavy atom. The molecule has 1 saturated carbocycles. The third kappa shape index (κ3) is 6.44. The number of piperazine rings is 1. The first-order valence-corrected chi connectivity index (χ1v) is 12.4. The predicted molar refractivity (Wildman–Crippen MR) is 126 cm³/mol. The lowest BCUT2D eigenvalue weighted by Gasteiger charge is -2.48. The molecule has 2 aliphatic heterocycles. The van der Waals surface area contributed by atoms with Gasteiger partial charge in [0.25, 0.3) is 0 Å². The van der Waals surface area contributed by atoms with E-state index < -0.39 is 0 Å². The number of nitrogens with one attached hydrogen (secondary N) is 1. The van der Waals surface area contributed by atoms with E-state index in [1.54, 1.807) is 19.2 Å². The molecule has 0 aromatic heterocycles. The summed E-state index contributed by atoms with van der Waals surface area (Å²) in [7, 11) is 1.61. The number of morpholine rings is 1. The molecule has 2 saturated heterocycles. The molecule has 1 aromatic carbocycles. The quantitative estimate of drug-likeness (QED) is 0.639. The van der Waals surface area contributed by atoms with Crippen LogP contribution in [0.1, 0.15) is 37.7 Å². The molecule has 0 spiro atoms. The van der Waals surface area contributed by atoms with Crippen LogP contribution >= 0.6 is 0 Å². The van der Waals surface area contributed by atoms with Crippen molar-refractivity contribution in [3.05, 3.63) is 29.6 Å². The summed E-state index contributed by atoms with van der Waals surface area (Å²) in [6.07, 6.45) is 6.10. The summed E-state index contributed by atoms with van der Waals surface area (Å²) in [4.78, 5) is 19.9. The first kappa shape index (κ1) is 24.4. The van der Waals surface area contributed by atoms with E-state index >= 15 is 0 Å². The van der Waals surface area contributed by atoms with E-state index in [0.29, 0.717) is 13.1 Å². The molecular formula is C25H39FN4O3. The van der Waals surface area contributed by atoms with Crippen molar-refractivity contribution < 1.29 is 18.7 Å². The van der Waals surface area contributed by atoms with E-state index in [1.165, 1.54) is 25.3 Å². The minimum Gasteiger partial charge on any atom is -0.496 e. The Morgan fingerprint density at radius 3 is 2.45 bits per heavy atom. The number of hydrogen-bond donors (Lipinski definition) is 1. The van der Waals surface area contributed by atoms with Crippen LogP contribution in [0.15, 0.2) is 18.2 Å². The summed E-state index contributed by atoms with van der Waals surface area (Å²) in [5.74, 6) is 0.595. The van der Waals surface area contributed by atoms with Crippen molar-refractivity contribution in [3.8, 4) is 5.75 Å². The van der Waals surface area contributed by atoms with E-state index in [4.69, 9.17) is 9.47 Å². The van der Waals surface area contributed by atoms with Gasteiger partial charge in [0.1, 0.15) is 11.6 Å². The van der Waals surface area contributed by atoms with Crippen molar-refractivity contribution in [1.82, 2.24) is 20.0 Å². The molecule has 3 aliphatic rings. The number of ether oxygens (including phenoxy) is 2. The number of benzene rings is 1. The first-order chi connectivity index (χ1) is 16.1. The van der Waals surface area contributed by atoms with Crippen molar-refractivity contribution in [3.63, 3.8) is 0 Å². The molecule has 7 nitrogen and oxygen atoms in total. The van der Waals surface area contributed by atoms with Crippen molar-refractivity contribution in [2.24, 2.45) is 0 Å². The number of carbonyl (C=O) groups excluding carboxylic acids is 1. The molecule has 2 heterocycles. The zero-order chi connectivity index (χ0) is 23.1. The van der Waals surface area contributed by atoms with Crippen LogP contribution in [0.5, 0.6) is 5.75 Å². The van der Waals surface area contributed by atoms with Gasteiger partial charge < -0.3 is 14.8 Å². The molecule has 4 rings (SSSR count).